The average Bonchev–Trinajstić information content (AvgIpc) is 2.77. The molecule has 0 atom stereocenters. The van der Waals surface area contributed by atoms with E-state index in [1.54, 1.807) is 18.5 Å². The van der Waals surface area contributed by atoms with E-state index in [2.05, 4.69) is 9.97 Å². The first-order chi connectivity index (χ1) is 8.15. The summed E-state index contributed by atoms with van der Waals surface area (Å²) >= 11 is 1.40. The number of carboxylic acid groups (broad SMARTS) is 1. The van der Waals surface area contributed by atoms with E-state index in [1.165, 1.54) is 17.8 Å². The molecule has 2 aromatic rings. The Labute approximate surface area is 102 Å². The number of hydrogen-bond acceptors (Lipinski definition) is 5. The fourth-order valence-electron chi connectivity index (χ4n) is 1.16. The maximum absolute atomic E-state index is 10.6. The maximum Gasteiger partial charge on any atom is 0.371 e. The number of furan rings is 1. The van der Waals surface area contributed by atoms with Crippen molar-refractivity contribution in [3.8, 4) is 0 Å². The first-order valence-electron chi connectivity index (χ1n) is 4.88. The van der Waals surface area contributed by atoms with Crippen molar-refractivity contribution >= 4 is 17.7 Å². The second-order valence-electron chi connectivity index (χ2n) is 3.40. The van der Waals surface area contributed by atoms with E-state index < -0.39 is 5.97 Å². The number of aryl methyl sites for hydroxylation is 1. The van der Waals surface area contributed by atoms with E-state index in [1.807, 2.05) is 6.92 Å². The highest BCUT2D eigenvalue weighted by Crippen LogP contribution is 2.20. The van der Waals surface area contributed by atoms with Crippen molar-refractivity contribution in [2.24, 2.45) is 0 Å². The van der Waals surface area contributed by atoms with Crippen LogP contribution in [0, 0.1) is 6.92 Å². The van der Waals surface area contributed by atoms with Crippen LogP contribution < -0.4 is 0 Å². The Morgan fingerprint density at radius 3 is 2.71 bits per heavy atom. The van der Waals surface area contributed by atoms with Crippen LogP contribution in [-0.2, 0) is 5.75 Å². The number of aromatic nitrogens is 2. The van der Waals surface area contributed by atoms with Crippen LogP contribution in [0.3, 0.4) is 0 Å². The number of hydrogen-bond donors (Lipinski definition) is 1. The van der Waals surface area contributed by atoms with Crippen molar-refractivity contribution in [1.82, 2.24) is 9.97 Å². The number of carboxylic acids is 1. The molecular formula is C11H10N2O3S. The summed E-state index contributed by atoms with van der Waals surface area (Å²) in [6, 6.07) is 3.08. The molecule has 0 aliphatic heterocycles. The van der Waals surface area contributed by atoms with Crippen molar-refractivity contribution in [2.45, 2.75) is 17.8 Å². The fourth-order valence-corrected chi connectivity index (χ4v) is 1.84. The molecule has 6 heteroatoms. The van der Waals surface area contributed by atoms with Crippen molar-refractivity contribution in [1.29, 1.82) is 0 Å². The largest absolute Gasteiger partial charge is 0.475 e. The molecule has 0 aliphatic carbocycles. The summed E-state index contributed by atoms with van der Waals surface area (Å²) in [5, 5.41) is 9.33. The van der Waals surface area contributed by atoms with Crippen LogP contribution in [0.15, 0.2) is 34.1 Å². The Morgan fingerprint density at radius 2 is 2.12 bits per heavy atom. The molecule has 0 saturated heterocycles. The molecule has 5 nitrogen and oxygen atoms in total. The van der Waals surface area contributed by atoms with Gasteiger partial charge in [-0.15, -0.1) is 0 Å². The quantitative estimate of drug-likeness (QED) is 0.663. The lowest BCUT2D eigenvalue weighted by Crippen LogP contribution is -1.92. The predicted molar refractivity (Wildman–Crippen MR) is 62.0 cm³/mol. The van der Waals surface area contributed by atoms with E-state index in [0.29, 0.717) is 16.7 Å². The van der Waals surface area contributed by atoms with Gasteiger partial charge in [0.1, 0.15) is 5.76 Å². The first kappa shape index (κ1) is 11.7. The molecule has 0 spiro atoms. The summed E-state index contributed by atoms with van der Waals surface area (Å²) in [6.07, 6.45) is 3.47. The summed E-state index contributed by atoms with van der Waals surface area (Å²) < 4.78 is 5.11. The van der Waals surface area contributed by atoms with Gasteiger partial charge in [0.15, 0.2) is 5.16 Å². The summed E-state index contributed by atoms with van der Waals surface area (Å²) in [4.78, 5) is 18.9. The third-order valence-electron chi connectivity index (χ3n) is 1.97. The van der Waals surface area contributed by atoms with Crippen LogP contribution in [0.2, 0.25) is 0 Å². The molecule has 0 amide bonds. The van der Waals surface area contributed by atoms with Gasteiger partial charge in [0, 0.05) is 12.4 Å². The zero-order valence-electron chi connectivity index (χ0n) is 9.08. The minimum Gasteiger partial charge on any atom is -0.475 e. The number of carbonyl (C=O) groups is 1. The molecular weight excluding hydrogens is 240 g/mol. The SMILES string of the molecule is Cc1cnc(SCc2ccc(C(=O)O)o2)nc1. The second kappa shape index (κ2) is 5.01. The van der Waals surface area contributed by atoms with Gasteiger partial charge in [0.2, 0.25) is 5.76 Å². The monoisotopic (exact) mass is 250 g/mol. The number of thioether (sulfide) groups is 1. The fraction of sp³-hybridized carbons (Fsp3) is 0.182. The Bertz CT molecular complexity index is 522. The highest BCUT2D eigenvalue weighted by Gasteiger charge is 2.09. The van der Waals surface area contributed by atoms with Gasteiger partial charge < -0.3 is 9.52 Å². The standard InChI is InChI=1S/C11H10N2O3S/c1-7-4-12-11(13-5-7)17-6-8-2-3-9(16-8)10(14)15/h2-5H,6H2,1H3,(H,14,15). The van der Waals surface area contributed by atoms with Gasteiger partial charge in [0.05, 0.1) is 5.75 Å². The smallest absolute Gasteiger partial charge is 0.371 e. The van der Waals surface area contributed by atoms with Crippen molar-refractivity contribution in [3.05, 3.63) is 41.6 Å². The van der Waals surface area contributed by atoms with Gasteiger partial charge >= 0.3 is 5.97 Å². The summed E-state index contributed by atoms with van der Waals surface area (Å²) in [6.45, 7) is 1.92. The van der Waals surface area contributed by atoms with Crippen LogP contribution >= 0.6 is 11.8 Å². The molecule has 0 fully saturated rings. The van der Waals surface area contributed by atoms with Gasteiger partial charge in [-0.05, 0) is 24.6 Å². The Morgan fingerprint density at radius 1 is 1.41 bits per heavy atom. The molecule has 2 rings (SSSR count). The minimum atomic E-state index is -1.06. The molecule has 2 aromatic heterocycles. The third-order valence-corrected chi connectivity index (χ3v) is 2.87. The second-order valence-corrected chi connectivity index (χ2v) is 4.35. The van der Waals surface area contributed by atoms with E-state index in [4.69, 9.17) is 9.52 Å². The molecule has 0 bridgehead atoms. The lowest BCUT2D eigenvalue weighted by atomic mass is 10.4. The van der Waals surface area contributed by atoms with Gasteiger partial charge in [-0.1, -0.05) is 11.8 Å². The van der Waals surface area contributed by atoms with Gasteiger partial charge in [-0.25, -0.2) is 14.8 Å². The molecule has 0 radical (unpaired) electrons. The van der Waals surface area contributed by atoms with Gasteiger partial charge in [-0.2, -0.15) is 0 Å². The van der Waals surface area contributed by atoms with Crippen LogP contribution in [-0.4, -0.2) is 21.0 Å². The van der Waals surface area contributed by atoms with Gasteiger partial charge in [0.25, 0.3) is 0 Å². The van der Waals surface area contributed by atoms with Gasteiger partial charge in [-0.3, -0.25) is 0 Å². The highest BCUT2D eigenvalue weighted by molar-refractivity contribution is 7.98. The first-order valence-corrected chi connectivity index (χ1v) is 5.87. The van der Waals surface area contributed by atoms with Crippen molar-refractivity contribution < 1.29 is 14.3 Å². The average molecular weight is 250 g/mol. The summed E-state index contributed by atoms with van der Waals surface area (Å²) in [5.74, 6) is -0.00841. The highest BCUT2D eigenvalue weighted by atomic mass is 32.2. The Balaban J connectivity index is 1.97. The van der Waals surface area contributed by atoms with E-state index in [9.17, 15) is 4.79 Å². The maximum atomic E-state index is 10.6. The topological polar surface area (TPSA) is 76.2 Å². The number of rotatable bonds is 4. The van der Waals surface area contributed by atoms with E-state index >= 15 is 0 Å². The Hall–Kier alpha value is -1.82. The molecule has 88 valence electrons. The zero-order chi connectivity index (χ0) is 12.3. The van der Waals surface area contributed by atoms with E-state index in [0.717, 1.165) is 5.56 Å². The summed E-state index contributed by atoms with van der Waals surface area (Å²) in [7, 11) is 0. The minimum absolute atomic E-state index is 0.0505. The summed E-state index contributed by atoms with van der Waals surface area (Å²) in [5.41, 5.74) is 1.00. The molecule has 0 aliphatic rings. The lowest BCUT2D eigenvalue weighted by molar-refractivity contribution is 0.0661. The normalized spacial score (nSPS) is 10.4. The Kier molecular flexibility index (Phi) is 3.43. The number of aromatic carboxylic acids is 1. The molecule has 17 heavy (non-hydrogen) atoms. The lowest BCUT2D eigenvalue weighted by Gasteiger charge is -1.97. The third kappa shape index (κ3) is 3.07. The van der Waals surface area contributed by atoms with Crippen LogP contribution in [0.4, 0.5) is 0 Å². The molecule has 0 saturated carbocycles. The zero-order valence-corrected chi connectivity index (χ0v) is 9.90. The molecule has 0 aromatic carbocycles. The molecule has 0 unspecified atom stereocenters. The van der Waals surface area contributed by atoms with Crippen LogP contribution in [0.1, 0.15) is 21.9 Å². The predicted octanol–water partition coefficient (Wildman–Crippen LogP) is 2.37. The van der Waals surface area contributed by atoms with Crippen LogP contribution in [0.5, 0.6) is 0 Å². The number of nitrogens with zero attached hydrogens (tertiary/aromatic N) is 2. The molecule has 2 heterocycles. The molecule has 1 N–H and O–H groups in total. The van der Waals surface area contributed by atoms with Crippen LogP contribution in [0.25, 0.3) is 0 Å². The van der Waals surface area contributed by atoms with Crippen molar-refractivity contribution in [2.75, 3.05) is 0 Å². The van der Waals surface area contributed by atoms with E-state index in [-0.39, 0.29) is 5.76 Å². The van der Waals surface area contributed by atoms with Crippen molar-refractivity contribution in [3.63, 3.8) is 0 Å².